The molecule has 0 fully saturated rings. The normalized spacial score (nSPS) is 11.8. The maximum Gasteiger partial charge on any atom is 0.220 e. The summed E-state index contributed by atoms with van der Waals surface area (Å²) in [5.41, 5.74) is 5.37. The second kappa shape index (κ2) is 7.56. The third kappa shape index (κ3) is 7.29. The van der Waals surface area contributed by atoms with Crippen molar-refractivity contribution in [1.82, 2.24) is 5.32 Å². The number of nitrogens with one attached hydrogen (secondary N) is 1. The fourth-order valence-electron chi connectivity index (χ4n) is 0.867. The Morgan fingerprint density at radius 1 is 1.69 bits per heavy atom. The van der Waals surface area contributed by atoms with Crippen molar-refractivity contribution in [1.29, 1.82) is 5.26 Å². The highest BCUT2D eigenvalue weighted by Gasteiger charge is 2.05. The molecule has 0 aliphatic heterocycles. The Morgan fingerprint density at radius 2 is 2.38 bits per heavy atom. The second-order valence-electron chi connectivity index (χ2n) is 3.16. The summed E-state index contributed by atoms with van der Waals surface area (Å²) in [4.78, 5) is 11.1. The summed E-state index contributed by atoms with van der Waals surface area (Å²) in [6.07, 6.45) is 1.69. The first kappa shape index (κ1) is 11.9. The summed E-state index contributed by atoms with van der Waals surface area (Å²) in [5, 5.41) is 11.0. The summed E-state index contributed by atoms with van der Waals surface area (Å²) >= 11 is 0. The molecular formula is C9H17N3O. The van der Waals surface area contributed by atoms with Crippen LogP contribution in [0.1, 0.15) is 26.2 Å². The Hall–Kier alpha value is -1.08. The fourth-order valence-corrected chi connectivity index (χ4v) is 0.867. The second-order valence-corrected chi connectivity index (χ2v) is 3.16. The van der Waals surface area contributed by atoms with Crippen LogP contribution in [0.5, 0.6) is 0 Å². The molecule has 0 aromatic carbocycles. The Kier molecular flexibility index (Phi) is 6.93. The molecule has 1 amide bonds. The predicted octanol–water partition coefficient (Wildman–Crippen LogP) is 0.391. The predicted molar refractivity (Wildman–Crippen MR) is 50.7 cm³/mol. The van der Waals surface area contributed by atoms with Crippen molar-refractivity contribution in [2.75, 3.05) is 13.1 Å². The molecule has 0 bridgehead atoms. The molecule has 3 N–H and O–H groups in total. The lowest BCUT2D eigenvalue weighted by atomic mass is 10.1. The van der Waals surface area contributed by atoms with Crippen LogP contribution in [0.25, 0.3) is 0 Å². The van der Waals surface area contributed by atoms with E-state index in [2.05, 4.69) is 5.32 Å². The maximum atomic E-state index is 11.1. The highest BCUT2D eigenvalue weighted by Crippen LogP contribution is 1.97. The first-order valence-corrected chi connectivity index (χ1v) is 4.54. The van der Waals surface area contributed by atoms with Crippen LogP contribution in [0.2, 0.25) is 0 Å². The van der Waals surface area contributed by atoms with E-state index in [1.54, 1.807) is 0 Å². The van der Waals surface area contributed by atoms with Gasteiger partial charge in [-0.25, -0.2) is 0 Å². The van der Waals surface area contributed by atoms with Crippen molar-refractivity contribution in [3.63, 3.8) is 0 Å². The smallest absolute Gasteiger partial charge is 0.220 e. The molecule has 0 heterocycles. The van der Waals surface area contributed by atoms with Gasteiger partial charge >= 0.3 is 0 Å². The average Bonchev–Trinajstić information content (AvgIpc) is 2.12. The van der Waals surface area contributed by atoms with Crippen LogP contribution in [0, 0.1) is 17.2 Å². The van der Waals surface area contributed by atoms with Crippen molar-refractivity contribution in [2.45, 2.75) is 26.2 Å². The summed E-state index contributed by atoms with van der Waals surface area (Å²) in [7, 11) is 0. The minimum Gasteiger partial charge on any atom is -0.356 e. The molecule has 1 atom stereocenters. The van der Waals surface area contributed by atoms with E-state index in [0.29, 0.717) is 25.9 Å². The van der Waals surface area contributed by atoms with E-state index in [-0.39, 0.29) is 11.8 Å². The number of amides is 1. The van der Waals surface area contributed by atoms with E-state index >= 15 is 0 Å². The van der Waals surface area contributed by atoms with E-state index in [1.807, 2.05) is 13.0 Å². The number of hydrogen-bond donors (Lipinski definition) is 2. The van der Waals surface area contributed by atoms with Crippen molar-refractivity contribution in [3.8, 4) is 6.07 Å². The summed E-state index contributed by atoms with van der Waals surface area (Å²) < 4.78 is 0. The van der Waals surface area contributed by atoms with E-state index in [9.17, 15) is 4.79 Å². The number of hydrogen-bond acceptors (Lipinski definition) is 3. The van der Waals surface area contributed by atoms with Crippen LogP contribution in [-0.2, 0) is 4.79 Å². The highest BCUT2D eigenvalue weighted by molar-refractivity contribution is 5.76. The van der Waals surface area contributed by atoms with Crippen LogP contribution in [0.3, 0.4) is 0 Å². The lowest BCUT2D eigenvalue weighted by Gasteiger charge is -2.07. The van der Waals surface area contributed by atoms with Gasteiger partial charge in [0, 0.05) is 19.4 Å². The lowest BCUT2D eigenvalue weighted by Crippen LogP contribution is -2.27. The molecule has 0 saturated carbocycles. The van der Waals surface area contributed by atoms with E-state index in [0.717, 1.165) is 6.42 Å². The SMILES string of the molecule is CC(CN)CC(=O)NCCCC#N. The fraction of sp³-hybridized carbons (Fsp3) is 0.778. The van der Waals surface area contributed by atoms with Gasteiger partial charge in [-0.15, -0.1) is 0 Å². The van der Waals surface area contributed by atoms with E-state index in [4.69, 9.17) is 11.0 Å². The van der Waals surface area contributed by atoms with Gasteiger partial charge in [0.1, 0.15) is 0 Å². The molecule has 0 aromatic heterocycles. The van der Waals surface area contributed by atoms with Gasteiger partial charge in [-0.2, -0.15) is 5.26 Å². The minimum atomic E-state index is 0.0240. The number of carbonyl (C=O) groups excluding carboxylic acids is 1. The number of unbranched alkanes of at least 4 members (excludes halogenated alkanes) is 1. The molecule has 13 heavy (non-hydrogen) atoms. The Bertz CT molecular complexity index is 186. The minimum absolute atomic E-state index is 0.0240. The maximum absolute atomic E-state index is 11.1. The van der Waals surface area contributed by atoms with E-state index < -0.39 is 0 Å². The van der Waals surface area contributed by atoms with Crippen molar-refractivity contribution >= 4 is 5.91 Å². The number of carbonyl (C=O) groups is 1. The molecule has 4 nitrogen and oxygen atoms in total. The van der Waals surface area contributed by atoms with Crippen molar-refractivity contribution in [2.24, 2.45) is 11.7 Å². The third-order valence-electron chi connectivity index (χ3n) is 1.72. The molecule has 0 aliphatic carbocycles. The molecule has 0 saturated heterocycles. The monoisotopic (exact) mass is 183 g/mol. The molecule has 0 aliphatic rings. The third-order valence-corrected chi connectivity index (χ3v) is 1.72. The van der Waals surface area contributed by atoms with Crippen LogP contribution in [0.15, 0.2) is 0 Å². The Labute approximate surface area is 79.1 Å². The highest BCUT2D eigenvalue weighted by atomic mass is 16.1. The van der Waals surface area contributed by atoms with Gasteiger partial charge < -0.3 is 11.1 Å². The van der Waals surface area contributed by atoms with Crippen LogP contribution >= 0.6 is 0 Å². The van der Waals surface area contributed by atoms with Gasteiger partial charge in [0.05, 0.1) is 6.07 Å². The average molecular weight is 183 g/mol. The molecule has 0 radical (unpaired) electrons. The van der Waals surface area contributed by atoms with Gasteiger partial charge in [-0.05, 0) is 18.9 Å². The Morgan fingerprint density at radius 3 is 2.92 bits per heavy atom. The zero-order chi connectivity index (χ0) is 10.1. The van der Waals surface area contributed by atoms with E-state index in [1.165, 1.54) is 0 Å². The van der Waals surface area contributed by atoms with Crippen LogP contribution in [0.4, 0.5) is 0 Å². The summed E-state index contributed by atoms with van der Waals surface area (Å²) in [6, 6.07) is 2.02. The Balaban J connectivity index is 3.36. The first-order valence-electron chi connectivity index (χ1n) is 4.54. The zero-order valence-corrected chi connectivity index (χ0v) is 8.05. The standard InChI is InChI=1S/C9H17N3O/c1-8(7-11)6-9(13)12-5-3-2-4-10/h8H,2-3,5-7,11H2,1H3,(H,12,13). The molecular weight excluding hydrogens is 166 g/mol. The molecule has 0 spiro atoms. The van der Waals surface area contributed by atoms with Gasteiger partial charge in [-0.3, -0.25) is 4.79 Å². The van der Waals surface area contributed by atoms with Gasteiger partial charge in [0.2, 0.25) is 5.91 Å². The molecule has 0 aromatic rings. The number of nitrogens with zero attached hydrogens (tertiary/aromatic N) is 1. The van der Waals surface area contributed by atoms with Crippen LogP contribution in [-0.4, -0.2) is 19.0 Å². The summed E-state index contributed by atoms with van der Waals surface area (Å²) in [6.45, 7) is 3.06. The van der Waals surface area contributed by atoms with Crippen LogP contribution < -0.4 is 11.1 Å². The number of nitriles is 1. The molecule has 4 heteroatoms. The van der Waals surface area contributed by atoms with Gasteiger partial charge in [-0.1, -0.05) is 6.92 Å². The molecule has 74 valence electrons. The largest absolute Gasteiger partial charge is 0.356 e. The van der Waals surface area contributed by atoms with Gasteiger partial charge in [0.25, 0.3) is 0 Å². The topological polar surface area (TPSA) is 78.9 Å². The zero-order valence-electron chi connectivity index (χ0n) is 8.05. The molecule has 0 rings (SSSR count). The number of rotatable bonds is 6. The quantitative estimate of drug-likeness (QED) is 0.585. The van der Waals surface area contributed by atoms with Crippen molar-refractivity contribution in [3.05, 3.63) is 0 Å². The van der Waals surface area contributed by atoms with Gasteiger partial charge in [0.15, 0.2) is 0 Å². The molecule has 1 unspecified atom stereocenters. The lowest BCUT2D eigenvalue weighted by molar-refractivity contribution is -0.121. The number of nitrogens with two attached hydrogens (primary N) is 1. The van der Waals surface area contributed by atoms with Crippen molar-refractivity contribution < 1.29 is 4.79 Å². The summed E-state index contributed by atoms with van der Waals surface area (Å²) in [5.74, 6) is 0.256. The first-order chi connectivity index (χ1) is 6.20.